The number of likely N-dealkylation sites (tertiary alicyclic amines) is 1. The van der Waals surface area contributed by atoms with E-state index in [2.05, 4.69) is 97.5 Å². The molecule has 50 heavy (non-hydrogen) atoms. The Kier molecular flexibility index (Phi) is 7.40. The van der Waals surface area contributed by atoms with Crippen LogP contribution in [0.4, 0.5) is 5.95 Å². The maximum absolute atomic E-state index is 14.5. The highest BCUT2D eigenvalue weighted by Crippen LogP contribution is 2.45. The van der Waals surface area contributed by atoms with Crippen LogP contribution in [0.1, 0.15) is 87.7 Å². The third-order valence-corrected chi connectivity index (χ3v) is 12.6. The predicted octanol–water partition coefficient (Wildman–Crippen LogP) is 8.30. The zero-order valence-electron chi connectivity index (χ0n) is 28.5. The summed E-state index contributed by atoms with van der Waals surface area (Å²) in [5.74, 6) is 2.15. The summed E-state index contributed by atoms with van der Waals surface area (Å²) in [6, 6.07) is 30.0. The molecule has 5 saturated heterocycles. The Morgan fingerprint density at radius 2 is 1.16 bits per heavy atom. The molecule has 5 fully saturated rings. The molecule has 0 aliphatic carbocycles. The first kappa shape index (κ1) is 30.2. The Morgan fingerprint density at radius 3 is 1.78 bits per heavy atom. The van der Waals surface area contributed by atoms with Gasteiger partial charge in [0.15, 0.2) is 0 Å². The van der Waals surface area contributed by atoms with E-state index in [1.165, 1.54) is 62.5 Å². The molecule has 5 aliphatic heterocycles. The van der Waals surface area contributed by atoms with Crippen molar-refractivity contribution in [2.75, 3.05) is 11.4 Å². The normalized spacial score (nSPS) is 26.4. The van der Waals surface area contributed by atoms with Crippen LogP contribution in [0.15, 0.2) is 91.3 Å². The number of carbonyl (C=O) groups excluding carboxylic acids is 1. The van der Waals surface area contributed by atoms with Crippen LogP contribution in [0.3, 0.4) is 0 Å². The first-order valence-electron chi connectivity index (χ1n) is 18.9. The molecule has 0 saturated carbocycles. The molecule has 0 radical (unpaired) electrons. The van der Waals surface area contributed by atoms with Gasteiger partial charge in [-0.1, -0.05) is 78.9 Å². The second-order valence-electron chi connectivity index (χ2n) is 15.2. The molecule has 5 aromatic rings. The van der Waals surface area contributed by atoms with Gasteiger partial charge in [-0.2, -0.15) is 0 Å². The number of benzene rings is 3. The lowest BCUT2D eigenvalue weighted by Crippen LogP contribution is -2.45. The van der Waals surface area contributed by atoms with Gasteiger partial charge >= 0.3 is 0 Å². The molecular formula is C42H45N7O. The van der Waals surface area contributed by atoms with E-state index >= 15 is 0 Å². The highest BCUT2D eigenvalue weighted by Gasteiger charge is 2.48. The van der Waals surface area contributed by atoms with E-state index in [1.54, 1.807) is 0 Å². The second kappa shape index (κ2) is 12.3. The van der Waals surface area contributed by atoms with Crippen molar-refractivity contribution in [1.82, 2.24) is 29.7 Å². The molecule has 2 atom stereocenters. The largest absolute Gasteiger partial charge is 0.340 e. The summed E-state index contributed by atoms with van der Waals surface area (Å²) in [5, 5.41) is 0. The molecule has 8 nitrogen and oxygen atoms in total. The molecule has 1 amide bonds. The van der Waals surface area contributed by atoms with Crippen molar-refractivity contribution >= 4 is 11.9 Å². The number of rotatable bonds is 8. The van der Waals surface area contributed by atoms with Gasteiger partial charge < -0.3 is 19.8 Å². The number of aromatic nitrogens is 4. The summed E-state index contributed by atoms with van der Waals surface area (Å²) < 4.78 is 0. The van der Waals surface area contributed by atoms with Gasteiger partial charge in [-0.15, -0.1) is 0 Å². The molecular weight excluding hydrogens is 619 g/mol. The molecule has 3 aromatic carbocycles. The van der Waals surface area contributed by atoms with E-state index in [0.29, 0.717) is 24.2 Å². The smallest absolute Gasteiger partial charge is 0.245 e. The van der Waals surface area contributed by atoms with Gasteiger partial charge in [0.25, 0.3) is 0 Å². The molecule has 2 aromatic heterocycles. The highest BCUT2D eigenvalue weighted by atomic mass is 16.2. The fourth-order valence-electron chi connectivity index (χ4n) is 10.1. The first-order valence-corrected chi connectivity index (χ1v) is 18.9. The van der Waals surface area contributed by atoms with Crippen LogP contribution in [0.25, 0.3) is 33.6 Å². The van der Waals surface area contributed by atoms with E-state index < -0.39 is 0 Å². The molecule has 0 spiro atoms. The van der Waals surface area contributed by atoms with Gasteiger partial charge in [-0.25, -0.2) is 9.97 Å². The van der Waals surface area contributed by atoms with Crippen LogP contribution in [0.2, 0.25) is 0 Å². The van der Waals surface area contributed by atoms with Crippen molar-refractivity contribution in [3.8, 4) is 33.6 Å². The maximum Gasteiger partial charge on any atom is 0.245 e. The number of nitrogens with one attached hydrogen (secondary N) is 2. The number of H-pyrrole nitrogens is 2. The van der Waals surface area contributed by atoms with E-state index in [4.69, 9.17) is 9.97 Å². The molecule has 254 valence electrons. The van der Waals surface area contributed by atoms with Gasteiger partial charge in [0, 0.05) is 30.7 Å². The minimum Gasteiger partial charge on any atom is -0.340 e. The van der Waals surface area contributed by atoms with Crippen LogP contribution >= 0.6 is 0 Å². The third kappa shape index (κ3) is 5.10. The fraction of sp³-hybridized carbons (Fsp3) is 0.405. The molecule has 7 heterocycles. The van der Waals surface area contributed by atoms with E-state index in [1.807, 2.05) is 18.5 Å². The topological polar surface area (TPSA) is 84.2 Å². The summed E-state index contributed by atoms with van der Waals surface area (Å²) in [6.45, 7) is 0.778. The Balaban J connectivity index is 0.842. The lowest BCUT2D eigenvalue weighted by molar-refractivity contribution is -0.139. The molecule has 4 bridgehead atoms. The average Bonchev–Trinajstić information content (AvgIpc) is 4.03. The highest BCUT2D eigenvalue weighted by molar-refractivity contribution is 5.84. The standard InChI is InChI=1S/C42H45N7O/c50-41(39(31-5-2-1-3-6-31)48-32-16-17-33(48)19-18-32)47-24-4-7-38(47)40-43-25-36(45-40)29-12-8-27(9-13-29)28-10-14-30(15-11-28)37-26-44-42(46-37)49-34-20-21-35(49)23-22-34/h1-3,5-6,8-15,25-26,32-35,38-39H,4,7,16-24H2,(H,43,45)(H,44,46). The number of imidazole rings is 2. The van der Waals surface area contributed by atoms with Crippen molar-refractivity contribution in [2.45, 2.75) is 100 Å². The van der Waals surface area contributed by atoms with Crippen molar-refractivity contribution in [3.63, 3.8) is 0 Å². The Labute approximate surface area is 293 Å². The minimum absolute atomic E-state index is 0.0306. The third-order valence-electron chi connectivity index (χ3n) is 12.6. The number of nitrogens with zero attached hydrogens (tertiary/aromatic N) is 5. The number of hydrogen-bond donors (Lipinski definition) is 2. The summed E-state index contributed by atoms with van der Waals surface area (Å²) in [7, 11) is 0. The minimum atomic E-state index is -0.213. The SMILES string of the molecule is O=C(C(c1ccccc1)N1C2CCC1CC2)N1CCCC1c1ncc(-c2ccc(-c3ccc(-c4cnc(N5C6CCC5CC6)[nH]4)cc3)cc2)[nH]1. The Hall–Kier alpha value is -4.69. The number of carbonyl (C=O) groups is 1. The maximum atomic E-state index is 14.5. The van der Waals surface area contributed by atoms with E-state index in [-0.39, 0.29) is 18.0 Å². The van der Waals surface area contributed by atoms with E-state index in [9.17, 15) is 4.79 Å². The lowest BCUT2D eigenvalue weighted by atomic mass is 10.0. The monoisotopic (exact) mass is 663 g/mol. The summed E-state index contributed by atoms with van der Waals surface area (Å²) >= 11 is 0. The number of aromatic amines is 2. The van der Waals surface area contributed by atoms with Gasteiger partial charge in [0.05, 0.1) is 29.8 Å². The number of anilines is 1. The van der Waals surface area contributed by atoms with E-state index in [0.717, 1.165) is 59.2 Å². The Morgan fingerprint density at radius 1 is 0.620 bits per heavy atom. The van der Waals surface area contributed by atoms with Crippen LogP contribution in [-0.2, 0) is 4.79 Å². The number of amides is 1. The number of hydrogen-bond acceptors (Lipinski definition) is 5. The van der Waals surface area contributed by atoms with Gasteiger partial charge in [0.1, 0.15) is 11.9 Å². The zero-order valence-corrected chi connectivity index (χ0v) is 28.5. The van der Waals surface area contributed by atoms with Crippen LogP contribution in [-0.4, -0.2) is 66.4 Å². The molecule has 2 unspecified atom stereocenters. The second-order valence-corrected chi connectivity index (χ2v) is 15.2. The van der Waals surface area contributed by atoms with Crippen molar-refractivity contribution in [2.24, 2.45) is 0 Å². The summed E-state index contributed by atoms with van der Waals surface area (Å²) in [4.78, 5) is 38.5. The predicted molar refractivity (Wildman–Crippen MR) is 196 cm³/mol. The fourth-order valence-corrected chi connectivity index (χ4v) is 10.1. The average molecular weight is 664 g/mol. The van der Waals surface area contributed by atoms with Crippen molar-refractivity contribution in [1.29, 1.82) is 0 Å². The van der Waals surface area contributed by atoms with Crippen molar-refractivity contribution < 1.29 is 4.79 Å². The quantitative estimate of drug-likeness (QED) is 0.175. The van der Waals surface area contributed by atoms with Gasteiger partial charge in [0.2, 0.25) is 11.9 Å². The van der Waals surface area contributed by atoms with Crippen LogP contribution < -0.4 is 4.90 Å². The summed E-state index contributed by atoms with van der Waals surface area (Å²) in [5.41, 5.74) is 7.79. The lowest BCUT2D eigenvalue weighted by Gasteiger charge is -2.35. The molecule has 10 rings (SSSR count). The summed E-state index contributed by atoms with van der Waals surface area (Å²) in [6.07, 6.45) is 15.9. The van der Waals surface area contributed by atoms with Crippen LogP contribution in [0.5, 0.6) is 0 Å². The van der Waals surface area contributed by atoms with Crippen molar-refractivity contribution in [3.05, 3.63) is 103 Å². The zero-order chi connectivity index (χ0) is 33.2. The Bertz CT molecular complexity index is 1940. The molecule has 2 N–H and O–H groups in total. The van der Waals surface area contributed by atoms with Gasteiger partial charge in [-0.3, -0.25) is 9.69 Å². The molecule has 5 aliphatic rings. The number of fused-ring (bicyclic) bond motifs is 4. The first-order chi connectivity index (χ1) is 24.7. The molecule has 8 heteroatoms. The van der Waals surface area contributed by atoms with Crippen LogP contribution in [0, 0.1) is 0 Å². The van der Waals surface area contributed by atoms with Gasteiger partial charge in [-0.05, 0) is 92.0 Å².